The Morgan fingerprint density at radius 1 is 1.35 bits per heavy atom. The van der Waals surface area contributed by atoms with Crippen molar-refractivity contribution < 1.29 is 4.79 Å². The van der Waals surface area contributed by atoms with Crippen LogP contribution in [0.1, 0.15) is 47.0 Å². The first-order chi connectivity index (χ1) is 10.8. The van der Waals surface area contributed by atoms with Gasteiger partial charge in [-0.1, -0.05) is 6.92 Å². The first kappa shape index (κ1) is 18.5. The Bertz CT molecular complexity index is 432. The summed E-state index contributed by atoms with van der Waals surface area (Å²) in [5.74, 6) is 0.908. The summed E-state index contributed by atoms with van der Waals surface area (Å²) in [4.78, 5) is 16.6. The number of amides is 1. The van der Waals surface area contributed by atoms with Crippen molar-refractivity contribution in [1.29, 1.82) is 0 Å². The summed E-state index contributed by atoms with van der Waals surface area (Å²) in [5.41, 5.74) is 0.00880. The van der Waals surface area contributed by atoms with Crippen molar-refractivity contribution in [3.63, 3.8) is 0 Å². The molecule has 0 aromatic rings. The van der Waals surface area contributed by atoms with Gasteiger partial charge in [0.2, 0.25) is 5.91 Å². The minimum atomic E-state index is 0.00880. The van der Waals surface area contributed by atoms with Crippen molar-refractivity contribution in [2.45, 2.75) is 58.5 Å². The zero-order valence-corrected chi connectivity index (χ0v) is 15.8. The molecule has 0 radical (unpaired) electrons. The minimum Gasteiger partial charge on any atom is -0.358 e. The third kappa shape index (κ3) is 5.60. The molecule has 6 heteroatoms. The monoisotopic (exact) mass is 340 g/mol. The molecule has 23 heavy (non-hydrogen) atoms. The fourth-order valence-electron chi connectivity index (χ4n) is 3.54. The Labute approximate surface area is 146 Å². The number of nitrogens with zero attached hydrogens (tertiary/aromatic N) is 2. The van der Waals surface area contributed by atoms with Crippen molar-refractivity contribution >= 4 is 23.2 Å². The highest BCUT2D eigenvalue weighted by Gasteiger charge is 2.33. The second kappa shape index (κ2) is 7.79. The molecule has 0 saturated carbocycles. The molecule has 1 atom stereocenters. The van der Waals surface area contributed by atoms with Crippen LogP contribution in [0.3, 0.4) is 0 Å². The van der Waals surface area contributed by atoms with Crippen LogP contribution in [0.2, 0.25) is 0 Å². The zero-order chi connectivity index (χ0) is 17.0. The molecule has 2 aliphatic heterocycles. The second-order valence-electron chi connectivity index (χ2n) is 7.87. The molecule has 2 saturated heterocycles. The lowest BCUT2D eigenvalue weighted by atomic mass is 9.93. The van der Waals surface area contributed by atoms with Crippen molar-refractivity contribution in [1.82, 2.24) is 20.4 Å². The maximum absolute atomic E-state index is 12.2. The summed E-state index contributed by atoms with van der Waals surface area (Å²) < 4.78 is 0. The van der Waals surface area contributed by atoms with E-state index in [1.165, 1.54) is 12.8 Å². The maximum atomic E-state index is 12.2. The van der Waals surface area contributed by atoms with Gasteiger partial charge in [-0.05, 0) is 71.3 Å². The normalized spacial score (nSPS) is 26.0. The van der Waals surface area contributed by atoms with E-state index in [2.05, 4.69) is 43.2 Å². The van der Waals surface area contributed by atoms with Gasteiger partial charge in [0.05, 0.1) is 6.54 Å². The standard InChI is InChI=1S/C17H32N4OS/c1-13-5-8-20(9-6-13)10-7-18-15(22)12-21-14(2)11-17(3,4)19-16(21)23/h13-14H,5-12H2,1-4H3,(H,18,22)(H,19,23). The number of carbonyl (C=O) groups is 1. The van der Waals surface area contributed by atoms with Crippen molar-refractivity contribution in [3.8, 4) is 0 Å². The summed E-state index contributed by atoms with van der Waals surface area (Å²) >= 11 is 5.42. The highest BCUT2D eigenvalue weighted by Crippen LogP contribution is 2.21. The van der Waals surface area contributed by atoms with Gasteiger partial charge in [-0.3, -0.25) is 4.79 Å². The van der Waals surface area contributed by atoms with Crippen LogP contribution < -0.4 is 10.6 Å². The summed E-state index contributed by atoms with van der Waals surface area (Å²) in [6.07, 6.45) is 3.52. The molecule has 0 spiro atoms. The Balaban J connectivity index is 1.69. The molecular formula is C17H32N4OS. The molecule has 5 nitrogen and oxygen atoms in total. The average molecular weight is 341 g/mol. The van der Waals surface area contributed by atoms with Gasteiger partial charge in [0.25, 0.3) is 0 Å². The fourth-order valence-corrected chi connectivity index (χ4v) is 4.06. The van der Waals surface area contributed by atoms with E-state index in [0.717, 1.165) is 38.5 Å². The van der Waals surface area contributed by atoms with Gasteiger partial charge in [0, 0.05) is 24.7 Å². The van der Waals surface area contributed by atoms with Gasteiger partial charge >= 0.3 is 0 Å². The average Bonchev–Trinajstić information content (AvgIpc) is 2.44. The van der Waals surface area contributed by atoms with Crippen LogP contribution >= 0.6 is 12.2 Å². The molecule has 1 amide bonds. The first-order valence-electron chi connectivity index (χ1n) is 8.85. The quantitative estimate of drug-likeness (QED) is 0.744. The summed E-state index contributed by atoms with van der Waals surface area (Å²) in [6, 6.07) is 0.285. The first-order valence-corrected chi connectivity index (χ1v) is 9.25. The number of thiocarbonyl (C=S) groups is 1. The van der Waals surface area contributed by atoms with Crippen LogP contribution in [-0.2, 0) is 4.79 Å². The van der Waals surface area contributed by atoms with Crippen LogP contribution in [0, 0.1) is 5.92 Å². The number of hydrogen-bond donors (Lipinski definition) is 2. The third-order valence-corrected chi connectivity index (χ3v) is 5.32. The summed E-state index contributed by atoms with van der Waals surface area (Å²) in [6.45, 7) is 13.1. The van der Waals surface area contributed by atoms with Crippen molar-refractivity contribution in [2.75, 3.05) is 32.7 Å². The van der Waals surface area contributed by atoms with Crippen molar-refractivity contribution in [2.24, 2.45) is 5.92 Å². The van der Waals surface area contributed by atoms with Gasteiger partial charge in [-0.25, -0.2) is 0 Å². The Morgan fingerprint density at radius 3 is 2.61 bits per heavy atom. The van der Waals surface area contributed by atoms with Gasteiger partial charge in [0.15, 0.2) is 5.11 Å². The Hall–Kier alpha value is -0.880. The number of carbonyl (C=O) groups excluding carboxylic acids is 1. The van der Waals surface area contributed by atoms with E-state index in [1.54, 1.807) is 0 Å². The molecule has 2 N–H and O–H groups in total. The summed E-state index contributed by atoms with van der Waals surface area (Å²) in [7, 11) is 0. The predicted octanol–water partition coefficient (Wildman–Crippen LogP) is 1.58. The number of hydrogen-bond acceptors (Lipinski definition) is 3. The number of nitrogens with one attached hydrogen (secondary N) is 2. The molecule has 0 aromatic heterocycles. The van der Waals surface area contributed by atoms with E-state index in [4.69, 9.17) is 12.2 Å². The SMILES string of the molecule is CC1CCN(CCNC(=O)CN2C(=S)NC(C)(C)CC2C)CC1. The van der Waals surface area contributed by atoms with Crippen LogP contribution in [0.5, 0.6) is 0 Å². The minimum absolute atomic E-state index is 0.00880. The van der Waals surface area contributed by atoms with Crippen LogP contribution in [0.25, 0.3) is 0 Å². The molecule has 0 aliphatic carbocycles. The largest absolute Gasteiger partial charge is 0.358 e. The molecule has 132 valence electrons. The lowest BCUT2D eigenvalue weighted by molar-refractivity contribution is -0.122. The number of piperidine rings is 1. The van der Waals surface area contributed by atoms with Crippen molar-refractivity contribution in [3.05, 3.63) is 0 Å². The smallest absolute Gasteiger partial charge is 0.239 e. The van der Waals surface area contributed by atoms with E-state index < -0.39 is 0 Å². The van der Waals surface area contributed by atoms with E-state index in [1.807, 2.05) is 4.90 Å². The zero-order valence-electron chi connectivity index (χ0n) is 15.0. The van der Waals surface area contributed by atoms with Crippen LogP contribution in [-0.4, -0.2) is 65.1 Å². The topological polar surface area (TPSA) is 47.6 Å². The van der Waals surface area contributed by atoms with Gasteiger partial charge < -0.3 is 20.4 Å². The van der Waals surface area contributed by atoms with E-state index in [0.29, 0.717) is 11.7 Å². The molecule has 2 fully saturated rings. The van der Waals surface area contributed by atoms with Crippen LogP contribution in [0.4, 0.5) is 0 Å². The molecule has 2 aliphatic rings. The lowest BCUT2D eigenvalue weighted by Crippen LogP contribution is -2.61. The Morgan fingerprint density at radius 2 is 2.00 bits per heavy atom. The third-order valence-electron chi connectivity index (χ3n) is 4.98. The molecule has 0 aromatic carbocycles. The molecular weight excluding hydrogens is 308 g/mol. The number of likely N-dealkylation sites (tertiary alicyclic amines) is 1. The van der Waals surface area contributed by atoms with E-state index in [-0.39, 0.29) is 17.5 Å². The van der Waals surface area contributed by atoms with E-state index >= 15 is 0 Å². The van der Waals surface area contributed by atoms with Crippen LogP contribution in [0.15, 0.2) is 0 Å². The maximum Gasteiger partial charge on any atom is 0.239 e. The second-order valence-corrected chi connectivity index (χ2v) is 8.26. The molecule has 2 rings (SSSR count). The van der Waals surface area contributed by atoms with Gasteiger partial charge in [0.1, 0.15) is 0 Å². The molecule has 0 bridgehead atoms. The highest BCUT2D eigenvalue weighted by atomic mass is 32.1. The lowest BCUT2D eigenvalue weighted by Gasteiger charge is -2.44. The highest BCUT2D eigenvalue weighted by molar-refractivity contribution is 7.80. The summed E-state index contributed by atoms with van der Waals surface area (Å²) in [5, 5.41) is 7.05. The Kier molecular flexibility index (Phi) is 6.26. The number of rotatable bonds is 5. The fraction of sp³-hybridized carbons (Fsp3) is 0.882. The van der Waals surface area contributed by atoms with Gasteiger partial charge in [-0.2, -0.15) is 0 Å². The molecule has 1 unspecified atom stereocenters. The van der Waals surface area contributed by atoms with E-state index in [9.17, 15) is 4.79 Å². The molecule has 2 heterocycles. The predicted molar refractivity (Wildman–Crippen MR) is 98.4 cm³/mol. The van der Waals surface area contributed by atoms with Gasteiger partial charge in [-0.15, -0.1) is 0 Å².